The van der Waals surface area contributed by atoms with Crippen LogP contribution in [0.4, 0.5) is 5.69 Å². The Balaban J connectivity index is 2.55. The summed E-state index contributed by atoms with van der Waals surface area (Å²) in [7, 11) is 0. The zero-order chi connectivity index (χ0) is 12.8. The van der Waals surface area contributed by atoms with Crippen molar-refractivity contribution in [1.82, 2.24) is 15.5 Å². The van der Waals surface area contributed by atoms with Gasteiger partial charge in [-0.1, -0.05) is 13.8 Å². The lowest BCUT2D eigenvalue weighted by atomic mass is 10.2. The first-order valence-electron chi connectivity index (χ1n) is 5.69. The number of hydrogen-bond acceptors (Lipinski definition) is 4. The molecule has 0 aromatic carbocycles. The van der Waals surface area contributed by atoms with E-state index in [0.717, 1.165) is 17.9 Å². The molecule has 1 heterocycles. The van der Waals surface area contributed by atoms with E-state index in [4.69, 9.17) is 5.73 Å². The Morgan fingerprint density at radius 3 is 2.88 bits per heavy atom. The van der Waals surface area contributed by atoms with Crippen LogP contribution >= 0.6 is 11.8 Å². The van der Waals surface area contributed by atoms with Crippen LogP contribution in [0.5, 0.6) is 0 Å². The summed E-state index contributed by atoms with van der Waals surface area (Å²) in [5.41, 5.74) is 7.40. The van der Waals surface area contributed by atoms with Crippen LogP contribution in [0.1, 0.15) is 30.0 Å². The van der Waals surface area contributed by atoms with Gasteiger partial charge in [0.25, 0.3) is 5.91 Å². The van der Waals surface area contributed by atoms with Crippen LogP contribution < -0.4 is 11.1 Å². The molecule has 0 aliphatic heterocycles. The standard InChI is InChI=1S/C11H20N4OS/c1-4-8-9(12)10(15-14-8)11(16)13-5-7(2)6-17-3/h7H,4-6,12H2,1-3H3,(H,13,16)(H,14,15). The Hall–Kier alpha value is -1.17. The number of nitrogens with two attached hydrogens (primary N) is 1. The Morgan fingerprint density at radius 1 is 1.65 bits per heavy atom. The van der Waals surface area contributed by atoms with Crippen LogP contribution in [0.15, 0.2) is 0 Å². The molecule has 1 atom stereocenters. The average molecular weight is 256 g/mol. The molecule has 1 aromatic rings. The summed E-state index contributed by atoms with van der Waals surface area (Å²) in [6.07, 6.45) is 2.80. The molecule has 96 valence electrons. The fraction of sp³-hybridized carbons (Fsp3) is 0.636. The molecule has 0 saturated heterocycles. The number of nitrogen functional groups attached to an aromatic ring is 1. The Morgan fingerprint density at radius 2 is 2.35 bits per heavy atom. The lowest BCUT2D eigenvalue weighted by Crippen LogP contribution is -2.29. The normalized spacial score (nSPS) is 12.4. The highest BCUT2D eigenvalue weighted by atomic mass is 32.2. The highest BCUT2D eigenvalue weighted by Gasteiger charge is 2.16. The second kappa shape index (κ2) is 6.54. The number of rotatable bonds is 6. The van der Waals surface area contributed by atoms with Gasteiger partial charge in [0.05, 0.1) is 11.4 Å². The number of H-pyrrole nitrogens is 1. The molecule has 0 spiro atoms. The summed E-state index contributed by atoms with van der Waals surface area (Å²) in [4.78, 5) is 11.8. The summed E-state index contributed by atoms with van der Waals surface area (Å²) in [6, 6.07) is 0. The SMILES string of the molecule is CCc1[nH]nc(C(=O)NCC(C)CSC)c1N. The van der Waals surface area contributed by atoms with E-state index in [2.05, 4.69) is 28.7 Å². The summed E-state index contributed by atoms with van der Waals surface area (Å²) >= 11 is 1.77. The summed E-state index contributed by atoms with van der Waals surface area (Å²) in [5.74, 6) is 1.27. The van der Waals surface area contributed by atoms with E-state index in [1.807, 2.05) is 6.92 Å². The molecule has 4 N–H and O–H groups in total. The van der Waals surface area contributed by atoms with Crippen molar-refractivity contribution in [2.24, 2.45) is 5.92 Å². The average Bonchev–Trinajstić information content (AvgIpc) is 2.68. The minimum Gasteiger partial charge on any atom is -0.395 e. The molecule has 0 fully saturated rings. The second-order valence-electron chi connectivity index (χ2n) is 4.09. The number of aromatic amines is 1. The van der Waals surface area contributed by atoms with E-state index in [9.17, 15) is 4.79 Å². The van der Waals surface area contributed by atoms with Gasteiger partial charge in [0.15, 0.2) is 5.69 Å². The summed E-state index contributed by atoms with van der Waals surface area (Å²) < 4.78 is 0. The Labute approximate surface area is 106 Å². The number of nitrogens with zero attached hydrogens (tertiary/aromatic N) is 1. The number of nitrogens with one attached hydrogen (secondary N) is 2. The largest absolute Gasteiger partial charge is 0.395 e. The first kappa shape index (κ1) is 13.9. The number of carbonyl (C=O) groups excluding carboxylic acids is 1. The van der Waals surface area contributed by atoms with Gasteiger partial charge in [-0.25, -0.2) is 0 Å². The number of carbonyl (C=O) groups is 1. The second-order valence-corrected chi connectivity index (χ2v) is 5.00. The van der Waals surface area contributed by atoms with Crippen molar-refractivity contribution in [3.8, 4) is 0 Å². The van der Waals surface area contributed by atoms with Gasteiger partial charge < -0.3 is 11.1 Å². The first-order valence-corrected chi connectivity index (χ1v) is 7.09. The van der Waals surface area contributed by atoms with E-state index >= 15 is 0 Å². The zero-order valence-electron chi connectivity index (χ0n) is 10.5. The van der Waals surface area contributed by atoms with Crippen LogP contribution in [0.25, 0.3) is 0 Å². The van der Waals surface area contributed by atoms with Crippen LogP contribution in [-0.4, -0.2) is 34.7 Å². The molecule has 1 unspecified atom stereocenters. The summed E-state index contributed by atoms with van der Waals surface area (Å²) in [6.45, 7) is 4.71. The van der Waals surface area contributed by atoms with Crippen molar-refractivity contribution in [1.29, 1.82) is 0 Å². The van der Waals surface area contributed by atoms with E-state index < -0.39 is 0 Å². The molecule has 6 heteroatoms. The molecule has 1 aromatic heterocycles. The molecule has 0 aliphatic rings. The first-order chi connectivity index (χ1) is 8.10. The van der Waals surface area contributed by atoms with Crippen LogP contribution in [0, 0.1) is 5.92 Å². The van der Waals surface area contributed by atoms with E-state index in [1.165, 1.54) is 0 Å². The quantitative estimate of drug-likeness (QED) is 0.716. The van der Waals surface area contributed by atoms with Crippen molar-refractivity contribution < 1.29 is 4.79 Å². The fourth-order valence-corrected chi connectivity index (χ4v) is 2.21. The monoisotopic (exact) mass is 256 g/mol. The van der Waals surface area contributed by atoms with Gasteiger partial charge in [0.2, 0.25) is 0 Å². The number of thioether (sulfide) groups is 1. The predicted octanol–water partition coefficient (Wildman–Crippen LogP) is 1.28. The van der Waals surface area contributed by atoms with Crippen LogP contribution in [0.3, 0.4) is 0 Å². The Bertz CT molecular complexity index is 378. The van der Waals surface area contributed by atoms with E-state index in [-0.39, 0.29) is 5.91 Å². The zero-order valence-corrected chi connectivity index (χ0v) is 11.4. The van der Waals surface area contributed by atoms with Gasteiger partial charge >= 0.3 is 0 Å². The molecule has 0 radical (unpaired) electrons. The summed E-state index contributed by atoms with van der Waals surface area (Å²) in [5, 5.41) is 9.57. The predicted molar refractivity (Wildman–Crippen MR) is 72.3 cm³/mol. The Kier molecular flexibility index (Phi) is 5.34. The fourth-order valence-electron chi connectivity index (χ4n) is 1.52. The smallest absolute Gasteiger partial charge is 0.273 e. The molecule has 17 heavy (non-hydrogen) atoms. The third-order valence-corrected chi connectivity index (χ3v) is 3.42. The minimum atomic E-state index is -0.202. The molecular weight excluding hydrogens is 236 g/mol. The van der Waals surface area contributed by atoms with E-state index in [1.54, 1.807) is 11.8 Å². The van der Waals surface area contributed by atoms with Gasteiger partial charge in [-0.05, 0) is 24.3 Å². The number of amides is 1. The van der Waals surface area contributed by atoms with Crippen molar-refractivity contribution in [2.75, 3.05) is 24.3 Å². The van der Waals surface area contributed by atoms with Gasteiger partial charge in [-0.15, -0.1) is 0 Å². The third kappa shape index (κ3) is 3.66. The number of aromatic nitrogens is 2. The number of anilines is 1. The maximum absolute atomic E-state index is 11.8. The maximum Gasteiger partial charge on any atom is 0.273 e. The van der Waals surface area contributed by atoms with Gasteiger partial charge in [0, 0.05) is 6.54 Å². The highest BCUT2D eigenvalue weighted by molar-refractivity contribution is 7.98. The van der Waals surface area contributed by atoms with Crippen LogP contribution in [0.2, 0.25) is 0 Å². The topological polar surface area (TPSA) is 83.8 Å². The minimum absolute atomic E-state index is 0.202. The lowest BCUT2D eigenvalue weighted by molar-refractivity contribution is 0.0945. The molecule has 0 bridgehead atoms. The van der Waals surface area contributed by atoms with Crippen molar-refractivity contribution in [3.63, 3.8) is 0 Å². The molecular formula is C11H20N4OS. The molecule has 5 nitrogen and oxygen atoms in total. The van der Waals surface area contributed by atoms with Crippen molar-refractivity contribution >= 4 is 23.4 Å². The number of hydrogen-bond donors (Lipinski definition) is 3. The van der Waals surface area contributed by atoms with Gasteiger partial charge in [-0.3, -0.25) is 9.89 Å². The van der Waals surface area contributed by atoms with Crippen LogP contribution in [-0.2, 0) is 6.42 Å². The maximum atomic E-state index is 11.8. The van der Waals surface area contributed by atoms with Crippen molar-refractivity contribution in [2.45, 2.75) is 20.3 Å². The third-order valence-electron chi connectivity index (χ3n) is 2.51. The van der Waals surface area contributed by atoms with E-state index in [0.29, 0.717) is 23.8 Å². The van der Waals surface area contributed by atoms with Gasteiger partial charge in [-0.2, -0.15) is 16.9 Å². The molecule has 1 rings (SSSR count). The number of aryl methyl sites for hydroxylation is 1. The highest BCUT2D eigenvalue weighted by Crippen LogP contribution is 2.14. The molecule has 0 saturated carbocycles. The van der Waals surface area contributed by atoms with Crippen molar-refractivity contribution in [3.05, 3.63) is 11.4 Å². The molecule has 1 amide bonds. The molecule has 0 aliphatic carbocycles. The lowest BCUT2D eigenvalue weighted by Gasteiger charge is -2.10. The van der Waals surface area contributed by atoms with Gasteiger partial charge in [0.1, 0.15) is 0 Å².